The minimum Gasteiger partial charge on any atom is -0.464 e. The number of nitrogens with zero attached hydrogens (tertiary/aromatic N) is 6. The molecule has 5 aromatic rings. The number of aromatic nitrogens is 6. The standard InChI is InChI=1S/C30H25Cl2F2N7O3/c1-15-4-3-5-18(21-10-17(8-9-35-21)29-22(37-30(15)43)12-36-41(29)16(2)33)19-14-44-25(11-24(19)42)27-23(7-6-20(31)28(27)34)40-13-26(32)38-39-40/h6-16,18H,3-5H2,1-2H3,(H,37,43)/t15-,16?,18+/m0/s1. The first-order valence-corrected chi connectivity index (χ1v) is 14.6. The van der Waals surface area contributed by atoms with Crippen LogP contribution in [0.1, 0.15) is 56.6 Å². The van der Waals surface area contributed by atoms with Crippen molar-refractivity contribution < 1.29 is 18.0 Å². The van der Waals surface area contributed by atoms with Crippen LogP contribution < -0.4 is 10.7 Å². The van der Waals surface area contributed by atoms with E-state index in [9.17, 15) is 14.0 Å². The molecule has 0 radical (unpaired) electrons. The normalized spacial score (nSPS) is 17.7. The van der Waals surface area contributed by atoms with Crippen molar-refractivity contribution in [2.24, 2.45) is 5.92 Å². The molecule has 2 bridgehead atoms. The summed E-state index contributed by atoms with van der Waals surface area (Å²) in [5.74, 6) is -2.02. The van der Waals surface area contributed by atoms with Crippen LogP contribution in [0.3, 0.4) is 0 Å². The van der Waals surface area contributed by atoms with E-state index in [4.69, 9.17) is 27.6 Å². The molecule has 1 N–H and O–H groups in total. The zero-order chi connectivity index (χ0) is 31.1. The van der Waals surface area contributed by atoms with Crippen LogP contribution in [0.15, 0.2) is 64.4 Å². The Morgan fingerprint density at radius 1 is 1.16 bits per heavy atom. The Hall–Kier alpha value is -4.42. The first-order valence-electron chi connectivity index (χ1n) is 13.8. The average molecular weight is 640 g/mol. The molecule has 0 saturated carbocycles. The number of nitrogens with one attached hydrogen (secondary N) is 1. The van der Waals surface area contributed by atoms with Gasteiger partial charge in [-0.25, -0.2) is 18.1 Å². The van der Waals surface area contributed by atoms with Crippen LogP contribution in [0.5, 0.6) is 0 Å². The lowest BCUT2D eigenvalue weighted by atomic mass is 9.88. The van der Waals surface area contributed by atoms with E-state index in [2.05, 4.69) is 25.7 Å². The predicted molar refractivity (Wildman–Crippen MR) is 160 cm³/mol. The number of halogens is 4. The highest BCUT2D eigenvalue weighted by Gasteiger charge is 2.27. The molecule has 6 rings (SSSR count). The zero-order valence-corrected chi connectivity index (χ0v) is 25.0. The van der Waals surface area contributed by atoms with Gasteiger partial charge in [0.2, 0.25) is 5.91 Å². The number of anilines is 1. The quantitative estimate of drug-likeness (QED) is 0.225. The van der Waals surface area contributed by atoms with E-state index in [1.165, 1.54) is 53.1 Å². The number of alkyl halides is 1. The second kappa shape index (κ2) is 11.9. The van der Waals surface area contributed by atoms with Gasteiger partial charge >= 0.3 is 0 Å². The summed E-state index contributed by atoms with van der Waals surface area (Å²) in [7, 11) is 0. The maximum absolute atomic E-state index is 15.4. The Kier molecular flexibility index (Phi) is 8.04. The first kappa shape index (κ1) is 29.6. The Morgan fingerprint density at radius 2 is 1.98 bits per heavy atom. The molecule has 4 aromatic heterocycles. The molecule has 226 valence electrons. The molecule has 5 heterocycles. The lowest BCUT2D eigenvalue weighted by Crippen LogP contribution is -2.22. The monoisotopic (exact) mass is 639 g/mol. The van der Waals surface area contributed by atoms with E-state index in [-0.39, 0.29) is 44.6 Å². The summed E-state index contributed by atoms with van der Waals surface area (Å²) in [6.45, 7) is 3.15. The van der Waals surface area contributed by atoms with Gasteiger partial charge in [-0.3, -0.25) is 14.6 Å². The van der Waals surface area contributed by atoms with Crippen molar-refractivity contribution in [3.8, 4) is 28.3 Å². The summed E-state index contributed by atoms with van der Waals surface area (Å²) in [6, 6.07) is 7.49. The SMILES string of the molecule is CC(F)n1ncc2c1-c1ccnc(c1)[C@@H](c1coc(-c3c(-n4cc(Cl)nn4)ccc(Cl)c3F)cc1=O)CCC[C@H](C)C(=O)N2. The Bertz CT molecular complexity index is 1940. The number of hydrogen-bond donors (Lipinski definition) is 1. The molecule has 1 unspecified atom stereocenters. The van der Waals surface area contributed by atoms with Crippen LogP contribution in [0, 0.1) is 11.7 Å². The second-order valence-electron chi connectivity index (χ2n) is 10.6. The van der Waals surface area contributed by atoms with Crippen molar-refractivity contribution in [1.29, 1.82) is 0 Å². The first-order chi connectivity index (χ1) is 21.1. The van der Waals surface area contributed by atoms with Crippen molar-refractivity contribution in [3.05, 3.63) is 92.7 Å². The van der Waals surface area contributed by atoms with Gasteiger partial charge in [0.25, 0.3) is 0 Å². The molecule has 44 heavy (non-hydrogen) atoms. The van der Waals surface area contributed by atoms with Crippen LogP contribution >= 0.6 is 23.2 Å². The van der Waals surface area contributed by atoms with E-state index in [1.807, 2.05) is 0 Å². The van der Waals surface area contributed by atoms with Crippen molar-refractivity contribution in [2.45, 2.75) is 45.3 Å². The van der Waals surface area contributed by atoms with Gasteiger partial charge in [0, 0.05) is 40.9 Å². The van der Waals surface area contributed by atoms with Crippen molar-refractivity contribution in [1.82, 2.24) is 29.8 Å². The summed E-state index contributed by atoms with van der Waals surface area (Å²) < 4.78 is 38.3. The van der Waals surface area contributed by atoms with E-state index >= 15 is 4.39 Å². The fourth-order valence-corrected chi connectivity index (χ4v) is 5.69. The highest BCUT2D eigenvalue weighted by Crippen LogP contribution is 2.37. The van der Waals surface area contributed by atoms with Crippen LogP contribution in [0.2, 0.25) is 10.2 Å². The molecule has 0 spiro atoms. The number of benzene rings is 1. The third-order valence-corrected chi connectivity index (χ3v) is 8.11. The fraction of sp³-hybridized carbons (Fsp3) is 0.267. The van der Waals surface area contributed by atoms with Crippen LogP contribution in [0.4, 0.5) is 14.5 Å². The minimum atomic E-state index is -1.47. The summed E-state index contributed by atoms with van der Waals surface area (Å²) in [6.07, 6.45) is 5.74. The van der Waals surface area contributed by atoms with Gasteiger partial charge in [-0.1, -0.05) is 41.8 Å². The maximum atomic E-state index is 15.4. The Balaban J connectivity index is 1.47. The molecular weight excluding hydrogens is 615 g/mol. The number of fused-ring (bicyclic) bond motifs is 4. The molecule has 1 aromatic carbocycles. The van der Waals surface area contributed by atoms with Gasteiger partial charge < -0.3 is 9.73 Å². The molecule has 10 nitrogen and oxygen atoms in total. The second-order valence-corrected chi connectivity index (χ2v) is 11.4. The largest absolute Gasteiger partial charge is 0.464 e. The van der Waals surface area contributed by atoms with Crippen molar-refractivity contribution >= 4 is 34.8 Å². The summed E-state index contributed by atoms with van der Waals surface area (Å²) in [4.78, 5) is 31.3. The van der Waals surface area contributed by atoms with Crippen molar-refractivity contribution in [2.75, 3.05) is 5.32 Å². The number of hydrogen-bond acceptors (Lipinski definition) is 7. The summed E-state index contributed by atoms with van der Waals surface area (Å²) >= 11 is 12.0. The van der Waals surface area contributed by atoms with E-state index in [1.54, 1.807) is 25.3 Å². The van der Waals surface area contributed by atoms with Crippen LogP contribution in [-0.2, 0) is 4.79 Å². The van der Waals surface area contributed by atoms with E-state index < -0.39 is 23.5 Å². The number of pyridine rings is 1. The molecule has 1 aliphatic rings. The molecule has 0 fully saturated rings. The van der Waals surface area contributed by atoms with Gasteiger partial charge in [-0.15, -0.1) is 5.10 Å². The highest BCUT2D eigenvalue weighted by atomic mass is 35.5. The number of rotatable bonds is 4. The van der Waals surface area contributed by atoms with E-state index in [0.717, 1.165) is 0 Å². The predicted octanol–water partition coefficient (Wildman–Crippen LogP) is 6.97. The number of amides is 1. The summed E-state index contributed by atoms with van der Waals surface area (Å²) in [5.41, 5.74) is 1.83. The molecule has 0 aliphatic carbocycles. The highest BCUT2D eigenvalue weighted by molar-refractivity contribution is 6.31. The van der Waals surface area contributed by atoms with Gasteiger partial charge in [0.1, 0.15) is 5.76 Å². The third kappa shape index (κ3) is 5.50. The number of carbonyl (C=O) groups excluding carboxylic acids is 1. The van der Waals surface area contributed by atoms with Gasteiger partial charge in [-0.05, 0) is 44.0 Å². The maximum Gasteiger partial charge on any atom is 0.227 e. The third-order valence-electron chi connectivity index (χ3n) is 7.65. The smallest absolute Gasteiger partial charge is 0.227 e. The van der Waals surface area contributed by atoms with Gasteiger partial charge in [-0.2, -0.15) is 5.10 Å². The Labute approximate surface area is 259 Å². The molecule has 0 saturated heterocycles. The number of carbonyl (C=O) groups is 1. The lowest BCUT2D eigenvalue weighted by Gasteiger charge is -2.21. The van der Waals surface area contributed by atoms with Gasteiger partial charge in [0.05, 0.1) is 46.3 Å². The fourth-order valence-electron chi connectivity index (χ4n) is 5.41. The van der Waals surface area contributed by atoms with Crippen LogP contribution in [-0.4, -0.2) is 35.7 Å². The molecule has 1 aliphatic heterocycles. The Morgan fingerprint density at radius 3 is 2.70 bits per heavy atom. The van der Waals surface area contributed by atoms with E-state index in [0.29, 0.717) is 41.9 Å². The molecular formula is C30H25Cl2F2N7O3. The zero-order valence-electron chi connectivity index (χ0n) is 23.5. The molecule has 1 amide bonds. The van der Waals surface area contributed by atoms with Gasteiger partial charge in [0.15, 0.2) is 22.7 Å². The summed E-state index contributed by atoms with van der Waals surface area (Å²) in [5, 5.41) is 14.6. The van der Waals surface area contributed by atoms with Crippen molar-refractivity contribution in [3.63, 3.8) is 0 Å². The molecule has 14 heteroatoms. The lowest BCUT2D eigenvalue weighted by molar-refractivity contribution is -0.119. The topological polar surface area (TPSA) is 121 Å². The minimum absolute atomic E-state index is 0.0778. The molecule has 3 atom stereocenters. The average Bonchev–Trinajstić information content (AvgIpc) is 3.62. The van der Waals surface area contributed by atoms with Crippen LogP contribution in [0.25, 0.3) is 28.3 Å².